The van der Waals surface area contributed by atoms with Crippen LogP contribution in [0.15, 0.2) is 22.1 Å². The second-order valence-corrected chi connectivity index (χ2v) is 7.20. The zero-order valence-electron chi connectivity index (χ0n) is 16.3. The lowest BCUT2D eigenvalue weighted by atomic mass is 10.1. The van der Waals surface area contributed by atoms with Crippen molar-refractivity contribution in [2.75, 3.05) is 32.4 Å². The smallest absolute Gasteiger partial charge is 0.340 e. The Morgan fingerprint density at radius 3 is 2.59 bits per heavy atom. The highest BCUT2D eigenvalue weighted by molar-refractivity contribution is 7.99. The van der Waals surface area contributed by atoms with E-state index >= 15 is 0 Å². The number of hydrogen-bond donors (Lipinski definition) is 2. The molecule has 1 amide bonds. The fourth-order valence-corrected chi connectivity index (χ4v) is 3.75. The molecule has 0 saturated carbocycles. The summed E-state index contributed by atoms with van der Waals surface area (Å²) in [6.07, 6.45) is 2.42. The molecule has 0 unspecified atom stereocenters. The first kappa shape index (κ1) is 20.7. The molecule has 29 heavy (non-hydrogen) atoms. The van der Waals surface area contributed by atoms with E-state index in [1.807, 2.05) is 0 Å². The van der Waals surface area contributed by atoms with Gasteiger partial charge in [0.1, 0.15) is 0 Å². The van der Waals surface area contributed by atoms with Gasteiger partial charge < -0.3 is 24.5 Å². The van der Waals surface area contributed by atoms with Gasteiger partial charge in [-0.05, 0) is 19.3 Å². The van der Waals surface area contributed by atoms with Gasteiger partial charge in [-0.1, -0.05) is 11.8 Å². The van der Waals surface area contributed by atoms with Gasteiger partial charge in [0.15, 0.2) is 16.7 Å². The molecule has 10 heteroatoms. The number of aryl methyl sites for hydroxylation is 1. The number of H-pyrrole nitrogens is 1. The second kappa shape index (κ2) is 8.99. The number of carbonyl (C=O) groups is 2. The number of aromatic nitrogens is 2. The number of benzene rings is 1. The van der Waals surface area contributed by atoms with Crippen molar-refractivity contribution < 1.29 is 23.8 Å². The lowest BCUT2D eigenvalue weighted by Gasteiger charge is -2.14. The largest absolute Gasteiger partial charge is 0.493 e. The van der Waals surface area contributed by atoms with E-state index < -0.39 is 5.97 Å². The van der Waals surface area contributed by atoms with Crippen LogP contribution in [0.2, 0.25) is 0 Å². The van der Waals surface area contributed by atoms with Gasteiger partial charge in [-0.3, -0.25) is 9.59 Å². The van der Waals surface area contributed by atoms with E-state index in [2.05, 4.69) is 15.3 Å². The first-order chi connectivity index (χ1) is 14.0. The highest BCUT2D eigenvalue weighted by Crippen LogP contribution is 2.34. The van der Waals surface area contributed by atoms with E-state index in [9.17, 15) is 14.4 Å². The number of methoxy groups -OCH3 is 3. The van der Waals surface area contributed by atoms with Crippen LogP contribution in [0.1, 0.15) is 28.0 Å². The number of thioether (sulfide) groups is 1. The Morgan fingerprint density at radius 1 is 1.17 bits per heavy atom. The number of esters is 1. The van der Waals surface area contributed by atoms with Crippen LogP contribution in [-0.2, 0) is 22.4 Å². The Balaban J connectivity index is 1.75. The van der Waals surface area contributed by atoms with Gasteiger partial charge in [0.2, 0.25) is 5.91 Å². The van der Waals surface area contributed by atoms with Crippen molar-refractivity contribution in [1.82, 2.24) is 9.97 Å². The van der Waals surface area contributed by atoms with Crippen molar-refractivity contribution in [3.05, 3.63) is 39.3 Å². The predicted octanol–water partition coefficient (Wildman–Crippen LogP) is 1.79. The van der Waals surface area contributed by atoms with Crippen LogP contribution in [0.4, 0.5) is 5.69 Å². The van der Waals surface area contributed by atoms with Crippen molar-refractivity contribution in [3.8, 4) is 11.5 Å². The standard InChI is InChI=1S/C19H21N3O6S/c1-26-14-7-11(18(25)28-3)13(8-15(14)27-2)20-16(23)9-29-19-21-12-6-4-5-10(12)17(24)22-19/h7-8H,4-6,9H2,1-3H3,(H,20,23)(H,21,22,24). The molecule has 1 aromatic carbocycles. The number of amides is 1. The summed E-state index contributed by atoms with van der Waals surface area (Å²) in [5, 5.41) is 3.07. The number of nitrogens with one attached hydrogen (secondary N) is 2. The van der Waals surface area contributed by atoms with Crippen LogP contribution < -0.4 is 20.3 Å². The average Bonchev–Trinajstić information content (AvgIpc) is 3.20. The van der Waals surface area contributed by atoms with Crippen LogP contribution in [-0.4, -0.2) is 48.9 Å². The van der Waals surface area contributed by atoms with Gasteiger partial charge in [-0.2, -0.15) is 0 Å². The van der Waals surface area contributed by atoms with E-state index in [4.69, 9.17) is 14.2 Å². The molecule has 3 rings (SSSR count). The maximum absolute atomic E-state index is 12.4. The Labute approximate surface area is 171 Å². The number of carbonyl (C=O) groups excluding carboxylic acids is 2. The summed E-state index contributed by atoms with van der Waals surface area (Å²) in [5.41, 5.74) is 1.74. The fraction of sp³-hybridized carbons (Fsp3) is 0.368. The summed E-state index contributed by atoms with van der Waals surface area (Å²) >= 11 is 1.11. The number of rotatable bonds is 7. The maximum Gasteiger partial charge on any atom is 0.340 e. The fourth-order valence-electron chi connectivity index (χ4n) is 3.07. The topological polar surface area (TPSA) is 120 Å². The Hall–Kier alpha value is -3.01. The number of aromatic amines is 1. The van der Waals surface area contributed by atoms with Gasteiger partial charge in [0.05, 0.1) is 44.0 Å². The van der Waals surface area contributed by atoms with Crippen molar-refractivity contribution in [2.24, 2.45) is 0 Å². The number of anilines is 1. The third-order valence-electron chi connectivity index (χ3n) is 4.46. The zero-order valence-corrected chi connectivity index (χ0v) is 17.1. The van der Waals surface area contributed by atoms with Crippen LogP contribution in [0.5, 0.6) is 11.5 Å². The number of hydrogen-bond acceptors (Lipinski definition) is 8. The lowest BCUT2D eigenvalue weighted by Crippen LogP contribution is -2.19. The summed E-state index contributed by atoms with van der Waals surface area (Å²) in [6.45, 7) is 0. The molecular formula is C19H21N3O6S. The SMILES string of the molecule is COC(=O)c1cc(OC)c(OC)cc1NC(=O)CSc1nc2c(c(=O)[nH]1)CCC2. The molecule has 0 aliphatic heterocycles. The lowest BCUT2D eigenvalue weighted by molar-refractivity contribution is -0.113. The highest BCUT2D eigenvalue weighted by atomic mass is 32.2. The Morgan fingerprint density at radius 2 is 1.90 bits per heavy atom. The molecule has 2 N–H and O–H groups in total. The molecule has 0 spiro atoms. The van der Waals surface area contributed by atoms with Crippen LogP contribution in [0, 0.1) is 0 Å². The molecule has 0 atom stereocenters. The minimum atomic E-state index is -0.626. The molecule has 0 fully saturated rings. The van der Waals surface area contributed by atoms with Crippen molar-refractivity contribution in [3.63, 3.8) is 0 Å². The Bertz CT molecular complexity index is 1000. The zero-order chi connectivity index (χ0) is 21.0. The molecule has 2 aromatic rings. The molecule has 154 valence electrons. The van der Waals surface area contributed by atoms with E-state index in [1.54, 1.807) is 0 Å². The molecule has 1 aliphatic carbocycles. The molecule has 1 heterocycles. The summed E-state index contributed by atoms with van der Waals surface area (Å²) in [6, 6.07) is 2.93. The van der Waals surface area contributed by atoms with E-state index in [0.29, 0.717) is 16.7 Å². The first-order valence-corrected chi connectivity index (χ1v) is 9.84. The van der Waals surface area contributed by atoms with E-state index in [-0.39, 0.29) is 28.5 Å². The van der Waals surface area contributed by atoms with Crippen molar-refractivity contribution in [1.29, 1.82) is 0 Å². The summed E-state index contributed by atoms with van der Waals surface area (Å²) < 4.78 is 15.2. The van der Waals surface area contributed by atoms with Gasteiger partial charge in [0.25, 0.3) is 5.56 Å². The summed E-state index contributed by atoms with van der Waals surface area (Å²) in [7, 11) is 4.14. The summed E-state index contributed by atoms with van der Waals surface area (Å²) in [5.74, 6) is -0.321. The average molecular weight is 419 g/mol. The molecule has 9 nitrogen and oxygen atoms in total. The van der Waals surface area contributed by atoms with Gasteiger partial charge in [0, 0.05) is 17.7 Å². The quantitative estimate of drug-likeness (QED) is 0.396. The number of fused-ring (bicyclic) bond motifs is 1. The van der Waals surface area contributed by atoms with Gasteiger partial charge in [-0.25, -0.2) is 9.78 Å². The molecule has 0 bridgehead atoms. The van der Waals surface area contributed by atoms with E-state index in [0.717, 1.165) is 42.3 Å². The predicted molar refractivity (Wildman–Crippen MR) is 107 cm³/mol. The van der Waals surface area contributed by atoms with Crippen LogP contribution >= 0.6 is 11.8 Å². The maximum atomic E-state index is 12.4. The normalized spacial score (nSPS) is 12.2. The minimum Gasteiger partial charge on any atom is -0.493 e. The third kappa shape index (κ3) is 4.53. The molecule has 0 saturated heterocycles. The number of nitrogens with zero attached hydrogens (tertiary/aromatic N) is 1. The van der Waals surface area contributed by atoms with Gasteiger partial charge in [-0.15, -0.1) is 0 Å². The molecular weight excluding hydrogens is 398 g/mol. The van der Waals surface area contributed by atoms with E-state index in [1.165, 1.54) is 33.5 Å². The van der Waals surface area contributed by atoms with Crippen molar-refractivity contribution >= 4 is 29.3 Å². The molecule has 1 aliphatic rings. The van der Waals surface area contributed by atoms with Gasteiger partial charge >= 0.3 is 5.97 Å². The second-order valence-electron chi connectivity index (χ2n) is 6.23. The van der Waals surface area contributed by atoms with Crippen molar-refractivity contribution in [2.45, 2.75) is 24.4 Å². The third-order valence-corrected chi connectivity index (χ3v) is 5.34. The first-order valence-electron chi connectivity index (χ1n) is 8.85. The molecule has 0 radical (unpaired) electrons. The van der Waals surface area contributed by atoms with Crippen LogP contribution in [0.25, 0.3) is 0 Å². The molecule has 1 aromatic heterocycles. The number of ether oxygens (including phenoxy) is 3. The minimum absolute atomic E-state index is 0.00329. The Kier molecular flexibility index (Phi) is 6.42. The van der Waals surface area contributed by atoms with Crippen LogP contribution in [0.3, 0.4) is 0 Å². The monoisotopic (exact) mass is 419 g/mol. The highest BCUT2D eigenvalue weighted by Gasteiger charge is 2.20. The summed E-state index contributed by atoms with van der Waals surface area (Å²) in [4.78, 5) is 43.7.